The zero-order valence-electron chi connectivity index (χ0n) is 21.0. The van der Waals surface area contributed by atoms with Gasteiger partial charge in [-0.2, -0.15) is 0 Å². The SMILES string of the molecule is CCC1CC2CC3C4CC=CC(=O)NCCCC5NC(=O)C(=C(O)C=CC4CCC3C2C1C)C5=O. The van der Waals surface area contributed by atoms with Crippen molar-refractivity contribution in [1.29, 1.82) is 0 Å². The number of carbonyl (C=O) groups is 3. The summed E-state index contributed by atoms with van der Waals surface area (Å²) in [6, 6.07) is -0.636. The zero-order chi connectivity index (χ0) is 24.7. The van der Waals surface area contributed by atoms with E-state index in [2.05, 4.69) is 24.5 Å². The Hall–Kier alpha value is -2.37. The van der Waals surface area contributed by atoms with Gasteiger partial charge in [-0.05, 0) is 104 Å². The highest BCUT2D eigenvalue weighted by atomic mass is 16.3. The first kappa shape index (κ1) is 24.3. The molecule has 3 saturated carbocycles. The second-order valence-corrected chi connectivity index (χ2v) is 11.7. The van der Waals surface area contributed by atoms with E-state index in [9.17, 15) is 19.5 Å². The molecule has 9 unspecified atom stereocenters. The minimum Gasteiger partial charge on any atom is -0.507 e. The van der Waals surface area contributed by atoms with Gasteiger partial charge in [0.1, 0.15) is 11.3 Å². The number of hydrogen-bond donors (Lipinski definition) is 3. The maximum Gasteiger partial charge on any atom is 0.259 e. The van der Waals surface area contributed by atoms with E-state index in [4.69, 9.17) is 0 Å². The molecule has 6 nitrogen and oxygen atoms in total. The highest BCUT2D eigenvalue weighted by Crippen LogP contribution is 2.62. The lowest BCUT2D eigenvalue weighted by Crippen LogP contribution is -2.34. The lowest BCUT2D eigenvalue weighted by atomic mass is 9.63. The first-order chi connectivity index (χ1) is 16.9. The van der Waals surface area contributed by atoms with Gasteiger partial charge in [0.15, 0.2) is 5.78 Å². The van der Waals surface area contributed by atoms with Crippen LogP contribution < -0.4 is 10.6 Å². The lowest BCUT2D eigenvalue weighted by molar-refractivity contribution is -0.118. The third-order valence-electron chi connectivity index (χ3n) is 10.1. The van der Waals surface area contributed by atoms with E-state index in [-0.39, 0.29) is 28.9 Å². The van der Waals surface area contributed by atoms with Gasteiger partial charge in [0.05, 0.1) is 6.04 Å². The lowest BCUT2D eigenvalue weighted by Gasteiger charge is -2.42. The molecule has 4 fully saturated rings. The first-order valence-corrected chi connectivity index (χ1v) is 13.8. The molecular formula is C29H40N2O4. The number of ketones is 1. The standard InChI is InChI=1S/C29H40N2O4/c1-3-17-14-19-15-22-20-6-4-8-25(33)30-13-5-7-23-28(34)27(29(35)31-23)24(32)12-10-18(20)9-11-21(22)26(19)16(17)2/h4,8,10,12,16-23,26,32H,3,5-7,9,11,13-15H2,1-2H3,(H,30,33)(H,31,35). The number of allylic oxidation sites excluding steroid dienone is 3. The van der Waals surface area contributed by atoms with Crippen LogP contribution in [0.4, 0.5) is 0 Å². The maximum atomic E-state index is 12.8. The number of aliphatic hydroxyl groups excluding tert-OH is 1. The monoisotopic (exact) mass is 480 g/mol. The molecule has 0 aromatic rings. The second kappa shape index (κ2) is 9.94. The minimum absolute atomic E-state index is 0.0979. The molecular weight excluding hydrogens is 440 g/mol. The summed E-state index contributed by atoms with van der Waals surface area (Å²) in [6.07, 6.45) is 15.3. The van der Waals surface area contributed by atoms with Crippen LogP contribution in [0.5, 0.6) is 0 Å². The summed E-state index contributed by atoms with van der Waals surface area (Å²) in [5, 5.41) is 16.3. The van der Waals surface area contributed by atoms with Crippen LogP contribution in [0.15, 0.2) is 35.6 Å². The summed E-state index contributed by atoms with van der Waals surface area (Å²) < 4.78 is 0. The molecule has 2 heterocycles. The Bertz CT molecular complexity index is 966. The molecule has 2 aliphatic heterocycles. The molecule has 0 spiro atoms. The molecule has 190 valence electrons. The Morgan fingerprint density at radius 1 is 1.03 bits per heavy atom. The number of fused-ring (bicyclic) bond motifs is 7. The largest absolute Gasteiger partial charge is 0.507 e. The smallest absolute Gasteiger partial charge is 0.259 e. The number of aliphatic hydroxyl groups is 1. The van der Waals surface area contributed by atoms with E-state index in [1.54, 1.807) is 12.2 Å². The van der Waals surface area contributed by atoms with Crippen molar-refractivity contribution in [3.05, 3.63) is 35.6 Å². The fraction of sp³-hybridized carbons (Fsp3) is 0.690. The predicted molar refractivity (Wildman–Crippen MR) is 134 cm³/mol. The fourth-order valence-electron chi connectivity index (χ4n) is 8.48. The van der Waals surface area contributed by atoms with Crippen LogP contribution >= 0.6 is 0 Å². The van der Waals surface area contributed by atoms with Gasteiger partial charge >= 0.3 is 0 Å². The van der Waals surface area contributed by atoms with Crippen molar-refractivity contribution >= 4 is 17.6 Å². The molecule has 35 heavy (non-hydrogen) atoms. The van der Waals surface area contributed by atoms with Crippen LogP contribution in [0, 0.1) is 47.3 Å². The van der Waals surface area contributed by atoms with Gasteiger partial charge in [0.25, 0.3) is 5.91 Å². The third-order valence-corrected chi connectivity index (χ3v) is 10.1. The topological polar surface area (TPSA) is 95.5 Å². The van der Waals surface area contributed by atoms with Crippen LogP contribution in [-0.2, 0) is 14.4 Å². The van der Waals surface area contributed by atoms with Crippen LogP contribution in [0.3, 0.4) is 0 Å². The molecule has 0 radical (unpaired) electrons. The second-order valence-electron chi connectivity index (χ2n) is 11.7. The van der Waals surface area contributed by atoms with Gasteiger partial charge in [0, 0.05) is 6.54 Å². The summed E-state index contributed by atoms with van der Waals surface area (Å²) >= 11 is 0. The summed E-state index contributed by atoms with van der Waals surface area (Å²) in [4.78, 5) is 37.6. The van der Waals surface area contributed by atoms with Crippen LogP contribution in [0.1, 0.15) is 65.2 Å². The van der Waals surface area contributed by atoms with E-state index in [0.717, 1.165) is 42.4 Å². The average Bonchev–Trinajstić information content (AvgIpc) is 3.45. The number of amides is 2. The number of carbonyl (C=O) groups excluding carboxylic acids is 3. The van der Waals surface area contributed by atoms with Gasteiger partial charge in [-0.15, -0.1) is 0 Å². The van der Waals surface area contributed by atoms with Crippen molar-refractivity contribution in [2.75, 3.05) is 6.54 Å². The molecule has 2 amide bonds. The average molecular weight is 481 g/mol. The summed E-state index contributed by atoms with van der Waals surface area (Å²) in [5.74, 6) is 4.12. The number of Topliss-reactive ketones (excluding diaryl/α,β-unsaturated/α-hetero) is 1. The molecule has 5 rings (SSSR count). The molecule has 1 saturated heterocycles. The molecule has 5 aliphatic rings. The summed E-state index contributed by atoms with van der Waals surface area (Å²) in [7, 11) is 0. The van der Waals surface area contributed by atoms with Gasteiger partial charge in [-0.3, -0.25) is 14.4 Å². The number of hydrogen-bond acceptors (Lipinski definition) is 4. The van der Waals surface area contributed by atoms with Gasteiger partial charge in [-0.25, -0.2) is 0 Å². The Morgan fingerprint density at radius 2 is 1.86 bits per heavy atom. The van der Waals surface area contributed by atoms with E-state index in [0.29, 0.717) is 31.2 Å². The quantitative estimate of drug-likeness (QED) is 0.489. The molecule has 0 aromatic heterocycles. The van der Waals surface area contributed by atoms with Crippen molar-refractivity contribution in [1.82, 2.24) is 10.6 Å². The first-order valence-electron chi connectivity index (χ1n) is 13.8. The molecule has 9 atom stereocenters. The fourth-order valence-corrected chi connectivity index (χ4v) is 8.48. The third kappa shape index (κ3) is 4.49. The predicted octanol–water partition coefficient (Wildman–Crippen LogP) is 4.24. The van der Waals surface area contributed by atoms with Crippen molar-refractivity contribution in [2.24, 2.45) is 47.3 Å². The van der Waals surface area contributed by atoms with E-state index < -0.39 is 11.9 Å². The zero-order valence-corrected chi connectivity index (χ0v) is 21.0. The van der Waals surface area contributed by atoms with Crippen molar-refractivity contribution < 1.29 is 19.5 Å². The maximum absolute atomic E-state index is 12.8. The Balaban J connectivity index is 1.43. The van der Waals surface area contributed by atoms with Crippen molar-refractivity contribution in [2.45, 2.75) is 71.3 Å². The molecule has 3 N–H and O–H groups in total. The van der Waals surface area contributed by atoms with Gasteiger partial charge in [0.2, 0.25) is 5.91 Å². The minimum atomic E-state index is -0.636. The van der Waals surface area contributed by atoms with Crippen LogP contribution in [0.2, 0.25) is 0 Å². The molecule has 2 bridgehead atoms. The molecule has 0 aromatic carbocycles. The number of rotatable bonds is 1. The molecule has 6 heteroatoms. The van der Waals surface area contributed by atoms with E-state index in [1.165, 1.54) is 25.7 Å². The Morgan fingerprint density at radius 3 is 2.66 bits per heavy atom. The van der Waals surface area contributed by atoms with Crippen molar-refractivity contribution in [3.8, 4) is 0 Å². The van der Waals surface area contributed by atoms with E-state index in [1.807, 2.05) is 12.2 Å². The number of nitrogens with one attached hydrogen (secondary N) is 2. The van der Waals surface area contributed by atoms with Crippen LogP contribution in [-0.4, -0.2) is 35.3 Å². The van der Waals surface area contributed by atoms with Gasteiger partial charge < -0.3 is 15.7 Å². The summed E-state index contributed by atoms with van der Waals surface area (Å²) in [5.41, 5.74) is -0.123. The van der Waals surface area contributed by atoms with Gasteiger partial charge in [-0.1, -0.05) is 32.4 Å². The normalized spacial score (nSPS) is 41.9. The van der Waals surface area contributed by atoms with Crippen molar-refractivity contribution in [3.63, 3.8) is 0 Å². The Kier molecular flexibility index (Phi) is 6.91. The van der Waals surface area contributed by atoms with E-state index >= 15 is 0 Å². The molecule has 3 aliphatic carbocycles. The highest BCUT2D eigenvalue weighted by molar-refractivity contribution is 6.27. The van der Waals surface area contributed by atoms with Crippen LogP contribution in [0.25, 0.3) is 0 Å². The highest BCUT2D eigenvalue weighted by Gasteiger charge is 2.55. The summed E-state index contributed by atoms with van der Waals surface area (Å²) in [6.45, 7) is 5.25. The Labute approximate surface area is 208 Å².